The Labute approximate surface area is 196 Å². The maximum Gasteiger partial charge on any atom is 0.271 e. The van der Waals surface area contributed by atoms with Crippen LogP contribution in [-0.2, 0) is 13.0 Å². The lowest BCUT2D eigenvalue weighted by molar-refractivity contribution is 0.0946. The van der Waals surface area contributed by atoms with E-state index in [0.29, 0.717) is 29.6 Å². The number of aryl methyl sites for hydroxylation is 1. The number of nitrogens with zero attached hydrogens (tertiary/aromatic N) is 5. The summed E-state index contributed by atoms with van der Waals surface area (Å²) >= 11 is 0. The Bertz CT molecular complexity index is 1410. The van der Waals surface area contributed by atoms with Gasteiger partial charge in [-0.25, -0.2) is 9.97 Å². The van der Waals surface area contributed by atoms with Crippen LogP contribution in [0.4, 0.5) is 0 Å². The van der Waals surface area contributed by atoms with Crippen molar-refractivity contribution >= 4 is 5.91 Å². The van der Waals surface area contributed by atoms with Gasteiger partial charge in [0, 0.05) is 24.5 Å². The van der Waals surface area contributed by atoms with E-state index in [1.807, 2.05) is 48.5 Å². The monoisotopic (exact) mass is 450 g/mol. The topological polar surface area (TPSA) is 98.7 Å². The maximum absolute atomic E-state index is 12.7. The molecule has 8 heteroatoms. The molecule has 2 aromatic carbocycles. The van der Waals surface area contributed by atoms with Gasteiger partial charge in [-0.15, -0.1) is 0 Å². The fraction of sp³-hybridized carbons (Fsp3) is 0.115. The fourth-order valence-electron chi connectivity index (χ4n) is 3.53. The zero-order valence-electron chi connectivity index (χ0n) is 18.5. The van der Waals surface area contributed by atoms with Crippen LogP contribution < -0.4 is 5.32 Å². The molecule has 0 saturated carbocycles. The Morgan fingerprint density at radius 3 is 2.56 bits per heavy atom. The average molecular weight is 451 g/mol. The van der Waals surface area contributed by atoms with E-state index in [2.05, 4.69) is 44.5 Å². The van der Waals surface area contributed by atoms with Gasteiger partial charge in [0.15, 0.2) is 5.82 Å². The van der Waals surface area contributed by atoms with E-state index >= 15 is 0 Å². The molecule has 168 valence electrons. The standard InChI is InChI=1S/C26H22N6O2/c1-2-18-10-12-19(13-11-18)15-28-25(33)22-16-32(17-29-22)24-21(9-6-14-27-24)26-30-23(31-34-26)20-7-4-3-5-8-20/h3-14,16-17H,2,15H2,1H3,(H,28,33). The van der Waals surface area contributed by atoms with Crippen LogP contribution in [0.15, 0.2) is 90.0 Å². The van der Waals surface area contributed by atoms with Crippen LogP contribution in [-0.4, -0.2) is 30.6 Å². The molecule has 1 amide bonds. The zero-order chi connectivity index (χ0) is 23.3. The number of aromatic nitrogens is 5. The molecule has 1 N–H and O–H groups in total. The SMILES string of the molecule is CCc1ccc(CNC(=O)c2cn(-c3ncccc3-c3nc(-c4ccccc4)no3)cn2)cc1. The highest BCUT2D eigenvalue weighted by molar-refractivity contribution is 5.92. The molecule has 3 heterocycles. The molecule has 0 aliphatic heterocycles. The van der Waals surface area contributed by atoms with Crippen LogP contribution in [0.1, 0.15) is 28.5 Å². The van der Waals surface area contributed by atoms with E-state index in [1.54, 1.807) is 29.4 Å². The van der Waals surface area contributed by atoms with Gasteiger partial charge >= 0.3 is 0 Å². The first-order chi connectivity index (χ1) is 16.7. The second-order valence-corrected chi connectivity index (χ2v) is 7.68. The first kappa shape index (κ1) is 21.3. The zero-order valence-corrected chi connectivity index (χ0v) is 18.5. The number of rotatable bonds is 7. The highest BCUT2D eigenvalue weighted by Gasteiger charge is 2.18. The summed E-state index contributed by atoms with van der Waals surface area (Å²) < 4.78 is 7.18. The minimum Gasteiger partial charge on any atom is -0.347 e. The Balaban J connectivity index is 1.34. The van der Waals surface area contributed by atoms with Gasteiger partial charge in [-0.05, 0) is 29.7 Å². The largest absolute Gasteiger partial charge is 0.347 e. The molecule has 3 aromatic heterocycles. The lowest BCUT2D eigenvalue weighted by atomic mass is 10.1. The first-order valence-electron chi connectivity index (χ1n) is 11.0. The molecule has 0 atom stereocenters. The molecule has 0 aliphatic carbocycles. The van der Waals surface area contributed by atoms with Crippen molar-refractivity contribution in [2.24, 2.45) is 0 Å². The number of hydrogen-bond donors (Lipinski definition) is 1. The Morgan fingerprint density at radius 2 is 1.76 bits per heavy atom. The van der Waals surface area contributed by atoms with Crippen LogP contribution in [0.2, 0.25) is 0 Å². The number of carbonyl (C=O) groups excluding carboxylic acids is 1. The van der Waals surface area contributed by atoms with Crippen LogP contribution >= 0.6 is 0 Å². The summed E-state index contributed by atoms with van der Waals surface area (Å²) in [4.78, 5) is 25.9. The van der Waals surface area contributed by atoms with Gasteiger partial charge in [-0.3, -0.25) is 9.36 Å². The highest BCUT2D eigenvalue weighted by atomic mass is 16.5. The van der Waals surface area contributed by atoms with Gasteiger partial charge in [0.25, 0.3) is 11.8 Å². The minimum absolute atomic E-state index is 0.264. The van der Waals surface area contributed by atoms with E-state index in [-0.39, 0.29) is 11.6 Å². The second-order valence-electron chi connectivity index (χ2n) is 7.68. The predicted molar refractivity (Wildman–Crippen MR) is 127 cm³/mol. The van der Waals surface area contributed by atoms with Crippen LogP contribution in [0.25, 0.3) is 28.7 Å². The summed E-state index contributed by atoms with van der Waals surface area (Å²) in [6, 6.07) is 21.4. The molecule has 0 saturated heterocycles. The number of imidazole rings is 1. The van der Waals surface area contributed by atoms with Crippen molar-refractivity contribution in [1.82, 2.24) is 30.0 Å². The summed E-state index contributed by atoms with van der Waals surface area (Å²) in [7, 11) is 0. The summed E-state index contributed by atoms with van der Waals surface area (Å²) in [5.41, 5.74) is 4.07. The first-order valence-corrected chi connectivity index (χ1v) is 11.0. The molecular formula is C26H22N6O2. The third kappa shape index (κ3) is 4.47. The van der Waals surface area contributed by atoms with E-state index in [4.69, 9.17) is 4.52 Å². The van der Waals surface area contributed by atoms with Crippen molar-refractivity contribution in [3.05, 3.63) is 102 Å². The van der Waals surface area contributed by atoms with E-state index in [1.165, 1.54) is 5.56 Å². The van der Waals surface area contributed by atoms with E-state index in [0.717, 1.165) is 17.5 Å². The molecule has 8 nitrogen and oxygen atoms in total. The predicted octanol–water partition coefficient (Wildman–Crippen LogP) is 4.48. The van der Waals surface area contributed by atoms with E-state index in [9.17, 15) is 4.79 Å². The molecule has 5 aromatic rings. The number of pyridine rings is 1. The van der Waals surface area contributed by atoms with Gasteiger partial charge < -0.3 is 9.84 Å². The summed E-state index contributed by atoms with van der Waals surface area (Å²) in [5.74, 6) is 1.09. The normalized spacial score (nSPS) is 10.9. The third-order valence-corrected chi connectivity index (χ3v) is 5.42. The summed E-state index contributed by atoms with van der Waals surface area (Å²) in [6.45, 7) is 2.54. The molecule has 0 unspecified atom stereocenters. The summed E-state index contributed by atoms with van der Waals surface area (Å²) in [5, 5.41) is 7.00. The number of carbonyl (C=O) groups is 1. The number of nitrogens with one attached hydrogen (secondary N) is 1. The van der Waals surface area contributed by atoms with Crippen molar-refractivity contribution in [3.63, 3.8) is 0 Å². The van der Waals surface area contributed by atoms with Gasteiger partial charge in [0.1, 0.15) is 12.0 Å². The Hall–Kier alpha value is -4.59. The van der Waals surface area contributed by atoms with Gasteiger partial charge in [0.2, 0.25) is 5.82 Å². The Morgan fingerprint density at radius 1 is 0.971 bits per heavy atom. The average Bonchev–Trinajstić information content (AvgIpc) is 3.59. The molecule has 0 fully saturated rings. The van der Waals surface area contributed by atoms with Gasteiger partial charge in [-0.2, -0.15) is 4.98 Å². The number of benzene rings is 2. The third-order valence-electron chi connectivity index (χ3n) is 5.42. The van der Waals surface area contributed by atoms with Crippen LogP contribution in [0, 0.1) is 0 Å². The number of hydrogen-bond acceptors (Lipinski definition) is 6. The van der Waals surface area contributed by atoms with Crippen molar-refractivity contribution in [3.8, 4) is 28.7 Å². The molecule has 0 radical (unpaired) electrons. The van der Waals surface area contributed by atoms with Crippen molar-refractivity contribution < 1.29 is 9.32 Å². The quantitative estimate of drug-likeness (QED) is 0.393. The highest BCUT2D eigenvalue weighted by Crippen LogP contribution is 2.26. The lowest BCUT2D eigenvalue weighted by Crippen LogP contribution is -2.23. The molecule has 0 bridgehead atoms. The molecule has 34 heavy (non-hydrogen) atoms. The van der Waals surface area contributed by atoms with Crippen LogP contribution in [0.5, 0.6) is 0 Å². The Kier molecular flexibility index (Phi) is 5.94. The fourth-order valence-corrected chi connectivity index (χ4v) is 3.53. The minimum atomic E-state index is -0.264. The molecule has 0 aliphatic rings. The van der Waals surface area contributed by atoms with Crippen molar-refractivity contribution in [1.29, 1.82) is 0 Å². The van der Waals surface area contributed by atoms with Crippen molar-refractivity contribution in [2.45, 2.75) is 19.9 Å². The van der Waals surface area contributed by atoms with E-state index < -0.39 is 0 Å². The van der Waals surface area contributed by atoms with Crippen LogP contribution in [0.3, 0.4) is 0 Å². The summed E-state index contributed by atoms with van der Waals surface area (Å²) in [6.07, 6.45) is 5.82. The lowest BCUT2D eigenvalue weighted by Gasteiger charge is -2.05. The smallest absolute Gasteiger partial charge is 0.271 e. The molecule has 0 spiro atoms. The van der Waals surface area contributed by atoms with Gasteiger partial charge in [-0.1, -0.05) is 66.7 Å². The van der Waals surface area contributed by atoms with Gasteiger partial charge in [0.05, 0.1) is 5.56 Å². The maximum atomic E-state index is 12.7. The molecular weight excluding hydrogens is 428 g/mol. The molecule has 5 rings (SSSR count). The van der Waals surface area contributed by atoms with Crippen molar-refractivity contribution in [2.75, 3.05) is 0 Å². The second kappa shape index (κ2) is 9.50. The number of amides is 1.